The Hall–Kier alpha value is -0.870. The lowest BCUT2D eigenvalue weighted by Gasteiger charge is -2.05. The number of benzene rings is 1. The molecule has 3 nitrogen and oxygen atoms in total. The Morgan fingerprint density at radius 2 is 1.94 bits per heavy atom. The Morgan fingerprint density at radius 3 is 2.56 bits per heavy atom. The number of carbonyl (C=O) groups is 1. The van der Waals surface area contributed by atoms with Crippen molar-refractivity contribution in [3.63, 3.8) is 0 Å². The minimum Gasteiger partial charge on any atom is -0.355 e. The van der Waals surface area contributed by atoms with E-state index in [4.69, 9.17) is 0 Å². The topological polar surface area (TPSA) is 41.1 Å². The highest BCUT2D eigenvalue weighted by Crippen LogP contribution is 2.10. The van der Waals surface area contributed by atoms with Crippen LogP contribution in [0.2, 0.25) is 0 Å². The van der Waals surface area contributed by atoms with Crippen LogP contribution in [0, 0.1) is 0 Å². The Morgan fingerprint density at radius 1 is 1.25 bits per heavy atom. The summed E-state index contributed by atoms with van der Waals surface area (Å²) in [5.74, 6) is 0.0697. The molecule has 0 saturated carbocycles. The molecule has 0 radical (unpaired) electrons. The van der Waals surface area contributed by atoms with Crippen LogP contribution in [0.3, 0.4) is 0 Å². The first-order valence-electron chi connectivity index (χ1n) is 5.44. The molecule has 0 atom stereocenters. The van der Waals surface area contributed by atoms with Gasteiger partial charge in [0.1, 0.15) is 0 Å². The molecule has 0 aliphatic carbocycles. The zero-order chi connectivity index (χ0) is 11.8. The third kappa shape index (κ3) is 5.28. The summed E-state index contributed by atoms with van der Waals surface area (Å²) in [5, 5.41) is 6.02. The van der Waals surface area contributed by atoms with Crippen LogP contribution < -0.4 is 10.6 Å². The van der Waals surface area contributed by atoms with Crippen molar-refractivity contribution >= 4 is 21.8 Å². The lowest BCUT2D eigenvalue weighted by Crippen LogP contribution is -2.32. The van der Waals surface area contributed by atoms with E-state index in [0.29, 0.717) is 13.0 Å². The monoisotopic (exact) mass is 284 g/mol. The Labute approximate surface area is 105 Å². The lowest BCUT2D eigenvalue weighted by atomic mass is 10.1. The van der Waals surface area contributed by atoms with Gasteiger partial charge in [-0.15, -0.1) is 0 Å². The average Bonchev–Trinajstić information content (AvgIpc) is 2.28. The van der Waals surface area contributed by atoms with Gasteiger partial charge in [0.25, 0.3) is 0 Å². The third-order valence-electron chi connectivity index (χ3n) is 2.15. The van der Waals surface area contributed by atoms with Crippen LogP contribution >= 0.6 is 15.9 Å². The zero-order valence-corrected chi connectivity index (χ0v) is 11.0. The fourth-order valence-corrected chi connectivity index (χ4v) is 1.58. The molecule has 0 bridgehead atoms. The van der Waals surface area contributed by atoms with Crippen LogP contribution in [-0.2, 0) is 11.2 Å². The summed E-state index contributed by atoms with van der Waals surface area (Å²) < 4.78 is 1.03. The van der Waals surface area contributed by atoms with E-state index in [-0.39, 0.29) is 5.91 Å². The molecule has 0 saturated heterocycles. The Kier molecular flexibility index (Phi) is 6.11. The van der Waals surface area contributed by atoms with E-state index >= 15 is 0 Å². The lowest BCUT2D eigenvalue weighted by molar-refractivity contribution is -0.120. The quantitative estimate of drug-likeness (QED) is 0.781. The van der Waals surface area contributed by atoms with Crippen LogP contribution in [-0.4, -0.2) is 25.5 Å². The molecule has 0 aliphatic rings. The van der Waals surface area contributed by atoms with Crippen molar-refractivity contribution in [1.29, 1.82) is 0 Å². The first kappa shape index (κ1) is 13.2. The highest BCUT2D eigenvalue weighted by molar-refractivity contribution is 9.10. The molecule has 4 heteroatoms. The van der Waals surface area contributed by atoms with Gasteiger partial charge >= 0.3 is 0 Å². The van der Waals surface area contributed by atoms with Gasteiger partial charge in [-0.2, -0.15) is 0 Å². The fourth-order valence-electron chi connectivity index (χ4n) is 1.32. The van der Waals surface area contributed by atoms with Gasteiger partial charge in [0.15, 0.2) is 0 Å². The SMILES string of the molecule is CCNCCNC(=O)Cc1ccc(Br)cc1. The number of hydrogen-bond donors (Lipinski definition) is 2. The summed E-state index contributed by atoms with van der Waals surface area (Å²) >= 11 is 3.36. The van der Waals surface area contributed by atoms with Crippen molar-refractivity contribution in [2.45, 2.75) is 13.3 Å². The highest BCUT2D eigenvalue weighted by atomic mass is 79.9. The molecule has 16 heavy (non-hydrogen) atoms. The van der Waals surface area contributed by atoms with Gasteiger partial charge in [0.2, 0.25) is 5.91 Å². The number of rotatable bonds is 6. The number of halogens is 1. The molecular weight excluding hydrogens is 268 g/mol. The van der Waals surface area contributed by atoms with Crippen molar-refractivity contribution < 1.29 is 4.79 Å². The molecule has 88 valence electrons. The number of carbonyl (C=O) groups excluding carboxylic acids is 1. The summed E-state index contributed by atoms with van der Waals surface area (Å²) in [6.07, 6.45) is 0.444. The van der Waals surface area contributed by atoms with E-state index in [1.54, 1.807) is 0 Å². The summed E-state index contributed by atoms with van der Waals surface area (Å²) in [4.78, 5) is 11.5. The molecule has 1 rings (SSSR count). The minimum absolute atomic E-state index is 0.0697. The van der Waals surface area contributed by atoms with Crippen molar-refractivity contribution in [3.05, 3.63) is 34.3 Å². The first-order chi connectivity index (χ1) is 7.72. The molecule has 0 spiro atoms. The number of amides is 1. The van der Waals surface area contributed by atoms with E-state index in [1.165, 1.54) is 0 Å². The summed E-state index contributed by atoms with van der Waals surface area (Å²) in [7, 11) is 0. The van der Waals surface area contributed by atoms with Gasteiger partial charge in [-0.3, -0.25) is 4.79 Å². The smallest absolute Gasteiger partial charge is 0.224 e. The second-order valence-electron chi connectivity index (χ2n) is 3.51. The Bertz CT molecular complexity index is 324. The number of nitrogens with one attached hydrogen (secondary N) is 2. The highest BCUT2D eigenvalue weighted by Gasteiger charge is 2.01. The first-order valence-corrected chi connectivity index (χ1v) is 6.23. The van der Waals surface area contributed by atoms with Gasteiger partial charge in [-0.25, -0.2) is 0 Å². The molecule has 0 unspecified atom stereocenters. The molecular formula is C12H17BrN2O. The predicted molar refractivity (Wildman–Crippen MR) is 69.4 cm³/mol. The van der Waals surface area contributed by atoms with Gasteiger partial charge < -0.3 is 10.6 Å². The molecule has 0 aromatic heterocycles. The predicted octanol–water partition coefficient (Wildman–Crippen LogP) is 1.72. The van der Waals surface area contributed by atoms with Crippen LogP contribution in [0.4, 0.5) is 0 Å². The minimum atomic E-state index is 0.0697. The van der Waals surface area contributed by atoms with Crippen LogP contribution in [0.1, 0.15) is 12.5 Å². The summed E-state index contributed by atoms with van der Waals surface area (Å²) in [5.41, 5.74) is 1.03. The normalized spacial score (nSPS) is 10.1. The molecule has 2 N–H and O–H groups in total. The van der Waals surface area contributed by atoms with Gasteiger partial charge in [0, 0.05) is 17.6 Å². The molecule has 1 aromatic carbocycles. The molecule has 0 fully saturated rings. The third-order valence-corrected chi connectivity index (χ3v) is 2.68. The molecule has 1 aromatic rings. The number of likely N-dealkylation sites (N-methyl/N-ethyl adjacent to an activating group) is 1. The van der Waals surface area contributed by atoms with Gasteiger partial charge in [-0.05, 0) is 24.2 Å². The molecule has 0 aliphatic heterocycles. The maximum atomic E-state index is 11.5. The summed E-state index contributed by atoms with van der Waals surface area (Å²) in [6, 6.07) is 7.80. The van der Waals surface area contributed by atoms with Crippen molar-refractivity contribution in [3.8, 4) is 0 Å². The summed E-state index contributed by atoms with van der Waals surface area (Å²) in [6.45, 7) is 4.48. The second-order valence-corrected chi connectivity index (χ2v) is 4.42. The van der Waals surface area contributed by atoms with Crippen LogP contribution in [0.15, 0.2) is 28.7 Å². The molecule has 1 amide bonds. The van der Waals surface area contributed by atoms with Crippen molar-refractivity contribution in [1.82, 2.24) is 10.6 Å². The standard InChI is InChI=1S/C12H17BrN2O/c1-2-14-7-8-15-12(16)9-10-3-5-11(13)6-4-10/h3-6,14H,2,7-9H2,1H3,(H,15,16). The van der Waals surface area contributed by atoms with Crippen molar-refractivity contribution in [2.75, 3.05) is 19.6 Å². The van der Waals surface area contributed by atoms with E-state index in [1.807, 2.05) is 31.2 Å². The van der Waals surface area contributed by atoms with Crippen LogP contribution in [0.5, 0.6) is 0 Å². The largest absolute Gasteiger partial charge is 0.355 e. The van der Waals surface area contributed by atoms with E-state index in [9.17, 15) is 4.79 Å². The van der Waals surface area contributed by atoms with E-state index < -0.39 is 0 Å². The average molecular weight is 285 g/mol. The van der Waals surface area contributed by atoms with Gasteiger partial charge in [0.05, 0.1) is 6.42 Å². The fraction of sp³-hybridized carbons (Fsp3) is 0.417. The van der Waals surface area contributed by atoms with E-state index in [0.717, 1.165) is 23.1 Å². The maximum Gasteiger partial charge on any atom is 0.224 e. The van der Waals surface area contributed by atoms with E-state index in [2.05, 4.69) is 26.6 Å². The van der Waals surface area contributed by atoms with Crippen LogP contribution in [0.25, 0.3) is 0 Å². The second kappa shape index (κ2) is 7.41. The molecule has 0 heterocycles. The van der Waals surface area contributed by atoms with Gasteiger partial charge in [-0.1, -0.05) is 35.0 Å². The van der Waals surface area contributed by atoms with Crippen molar-refractivity contribution in [2.24, 2.45) is 0 Å². The Balaban J connectivity index is 2.26. The maximum absolute atomic E-state index is 11.5. The zero-order valence-electron chi connectivity index (χ0n) is 9.42. The number of hydrogen-bond acceptors (Lipinski definition) is 2.